The Morgan fingerprint density at radius 1 is 1.50 bits per heavy atom. The summed E-state index contributed by atoms with van der Waals surface area (Å²) in [5.74, 6) is -1.03. The minimum atomic E-state index is -2.27. The molecule has 8 nitrogen and oxygen atoms in total. The number of fused-ring (bicyclic) bond motifs is 1. The molecule has 0 aromatic rings. The first kappa shape index (κ1) is 19.3. The zero-order chi connectivity index (χ0) is 18.3. The van der Waals surface area contributed by atoms with Crippen molar-refractivity contribution in [3.63, 3.8) is 0 Å². The zero-order valence-corrected chi connectivity index (χ0v) is 14.6. The number of nitrogens with zero attached hydrogens (tertiary/aromatic N) is 1. The lowest BCUT2D eigenvalue weighted by molar-refractivity contribution is -0.877. The molecule has 0 bridgehead atoms. The van der Waals surface area contributed by atoms with Gasteiger partial charge in [-0.3, -0.25) is 0 Å². The molecule has 0 aromatic carbocycles. The van der Waals surface area contributed by atoms with E-state index in [0.717, 1.165) is 0 Å². The molecule has 2 rings (SSSR count). The van der Waals surface area contributed by atoms with Crippen molar-refractivity contribution < 1.29 is 34.2 Å². The standard InChI is InChI=1S/C16H27NO7/c1-10(23-4)16(21,15(2,3)20)14(19)24-9-11-5-7-17(22)8-6-12(18)13(11)17/h5,10,12-13,18,20-21H,6-9H2,1-4H3. The zero-order valence-electron chi connectivity index (χ0n) is 14.6. The second-order valence-corrected chi connectivity index (χ2v) is 7.22. The molecule has 3 N–H and O–H groups in total. The van der Waals surface area contributed by atoms with Gasteiger partial charge in [-0.25, -0.2) is 4.79 Å². The molecule has 24 heavy (non-hydrogen) atoms. The van der Waals surface area contributed by atoms with Gasteiger partial charge in [0.1, 0.15) is 24.4 Å². The number of hydroxylamine groups is 3. The molecular formula is C16H27NO7. The SMILES string of the molecule is COC(C)C(O)(C(=O)OCC1=CC[N+]2([O-])CCC(O)C12)C(C)(C)O. The lowest BCUT2D eigenvalue weighted by Crippen LogP contribution is -2.63. The van der Waals surface area contributed by atoms with Gasteiger partial charge in [0, 0.05) is 19.1 Å². The van der Waals surface area contributed by atoms with Crippen molar-refractivity contribution >= 4 is 5.97 Å². The number of aliphatic hydroxyl groups excluding tert-OH is 1. The number of quaternary nitrogens is 1. The number of ether oxygens (including phenoxy) is 2. The van der Waals surface area contributed by atoms with E-state index < -0.39 is 40.1 Å². The molecule has 2 heterocycles. The van der Waals surface area contributed by atoms with E-state index in [0.29, 0.717) is 18.5 Å². The Bertz CT molecular complexity index is 529. The normalized spacial score (nSPS) is 33.6. The van der Waals surface area contributed by atoms with Gasteiger partial charge < -0.3 is 34.6 Å². The average molecular weight is 345 g/mol. The first-order valence-electron chi connectivity index (χ1n) is 8.07. The van der Waals surface area contributed by atoms with E-state index in [2.05, 4.69) is 0 Å². The summed E-state index contributed by atoms with van der Waals surface area (Å²) in [4.78, 5) is 12.4. The smallest absolute Gasteiger partial charge is 0.344 e. The van der Waals surface area contributed by atoms with Gasteiger partial charge in [0.2, 0.25) is 5.60 Å². The van der Waals surface area contributed by atoms with Crippen molar-refractivity contribution in [3.05, 3.63) is 16.9 Å². The van der Waals surface area contributed by atoms with Gasteiger partial charge >= 0.3 is 5.97 Å². The van der Waals surface area contributed by atoms with Crippen LogP contribution in [0.15, 0.2) is 11.6 Å². The van der Waals surface area contributed by atoms with E-state index >= 15 is 0 Å². The molecule has 2 aliphatic heterocycles. The van der Waals surface area contributed by atoms with Crippen molar-refractivity contribution in [2.45, 2.75) is 56.6 Å². The van der Waals surface area contributed by atoms with Crippen LogP contribution < -0.4 is 0 Å². The number of carbonyl (C=O) groups is 1. The average Bonchev–Trinajstić information content (AvgIpc) is 2.98. The predicted molar refractivity (Wildman–Crippen MR) is 84.5 cm³/mol. The quantitative estimate of drug-likeness (QED) is 0.256. The number of hydrogen-bond donors (Lipinski definition) is 3. The Hall–Kier alpha value is -1.03. The Morgan fingerprint density at radius 2 is 2.12 bits per heavy atom. The van der Waals surface area contributed by atoms with Gasteiger partial charge in [0.05, 0.1) is 19.2 Å². The van der Waals surface area contributed by atoms with E-state index in [1.54, 1.807) is 6.08 Å². The number of esters is 1. The molecule has 8 heteroatoms. The molecule has 0 aromatic heterocycles. The summed E-state index contributed by atoms with van der Waals surface area (Å²) in [6.45, 7) is 4.39. The Kier molecular flexibility index (Phi) is 5.11. The number of carbonyl (C=O) groups excluding carboxylic acids is 1. The number of methoxy groups -OCH3 is 1. The Balaban J connectivity index is 2.10. The summed E-state index contributed by atoms with van der Waals surface area (Å²) >= 11 is 0. The van der Waals surface area contributed by atoms with Gasteiger partial charge in [-0.05, 0) is 26.8 Å². The maximum atomic E-state index is 12.5. The number of rotatable bonds is 6. The third-order valence-corrected chi connectivity index (χ3v) is 5.27. The molecule has 0 saturated carbocycles. The summed E-state index contributed by atoms with van der Waals surface area (Å²) in [6, 6.07) is -0.632. The van der Waals surface area contributed by atoms with Crippen LogP contribution in [0.1, 0.15) is 27.2 Å². The highest BCUT2D eigenvalue weighted by Gasteiger charge is 2.55. The highest BCUT2D eigenvalue weighted by atomic mass is 16.6. The molecule has 5 unspecified atom stereocenters. The molecule has 0 spiro atoms. The van der Waals surface area contributed by atoms with Crippen LogP contribution in [0, 0.1) is 5.21 Å². The third-order valence-electron chi connectivity index (χ3n) is 5.27. The van der Waals surface area contributed by atoms with Crippen molar-refractivity contribution in [1.29, 1.82) is 0 Å². The first-order valence-corrected chi connectivity index (χ1v) is 8.07. The highest BCUT2D eigenvalue weighted by Crippen LogP contribution is 2.36. The van der Waals surface area contributed by atoms with Crippen molar-refractivity contribution in [1.82, 2.24) is 0 Å². The van der Waals surface area contributed by atoms with Crippen LogP contribution in [0.4, 0.5) is 0 Å². The van der Waals surface area contributed by atoms with Crippen LogP contribution in [0.25, 0.3) is 0 Å². The Morgan fingerprint density at radius 3 is 2.67 bits per heavy atom. The van der Waals surface area contributed by atoms with Gasteiger partial charge in [-0.15, -0.1) is 0 Å². The molecule has 2 aliphatic rings. The lowest BCUT2D eigenvalue weighted by atomic mass is 9.81. The van der Waals surface area contributed by atoms with Crippen LogP contribution in [0.2, 0.25) is 0 Å². The fraction of sp³-hybridized carbons (Fsp3) is 0.812. The molecule has 138 valence electrons. The topological polar surface area (TPSA) is 119 Å². The summed E-state index contributed by atoms with van der Waals surface area (Å²) in [7, 11) is 1.31. The molecule has 5 atom stereocenters. The van der Waals surface area contributed by atoms with Crippen LogP contribution in [0.3, 0.4) is 0 Å². The van der Waals surface area contributed by atoms with Gasteiger partial charge in [-0.2, -0.15) is 0 Å². The van der Waals surface area contributed by atoms with Crippen LogP contribution in [0.5, 0.6) is 0 Å². The van der Waals surface area contributed by atoms with Gasteiger partial charge in [0.25, 0.3) is 0 Å². The fourth-order valence-electron chi connectivity index (χ4n) is 3.59. The van der Waals surface area contributed by atoms with E-state index in [-0.39, 0.29) is 13.2 Å². The molecule has 0 radical (unpaired) electrons. The monoisotopic (exact) mass is 345 g/mol. The largest absolute Gasteiger partial charge is 0.632 e. The minimum absolute atomic E-state index is 0.211. The van der Waals surface area contributed by atoms with E-state index in [1.165, 1.54) is 27.9 Å². The van der Waals surface area contributed by atoms with E-state index in [9.17, 15) is 25.3 Å². The number of aliphatic hydroxyl groups is 3. The minimum Gasteiger partial charge on any atom is -0.632 e. The van der Waals surface area contributed by atoms with Gasteiger partial charge in [0.15, 0.2) is 0 Å². The molecule has 0 aliphatic carbocycles. The maximum Gasteiger partial charge on any atom is 0.344 e. The number of hydrogen-bond acceptors (Lipinski definition) is 7. The maximum absolute atomic E-state index is 12.5. The van der Waals surface area contributed by atoms with Crippen molar-refractivity contribution in [2.75, 3.05) is 26.8 Å². The lowest BCUT2D eigenvalue weighted by Gasteiger charge is -2.41. The molecular weight excluding hydrogens is 318 g/mol. The predicted octanol–water partition coefficient (Wildman–Crippen LogP) is -0.546. The summed E-state index contributed by atoms with van der Waals surface area (Å²) in [5.41, 5.74) is -3.51. The fourth-order valence-corrected chi connectivity index (χ4v) is 3.59. The van der Waals surface area contributed by atoms with Crippen molar-refractivity contribution in [2.24, 2.45) is 0 Å². The summed E-state index contributed by atoms with van der Waals surface area (Å²) in [5, 5.41) is 43.4. The molecule has 1 fully saturated rings. The third kappa shape index (κ3) is 2.98. The Labute approximate surface area is 141 Å². The molecule has 0 amide bonds. The second kappa shape index (κ2) is 6.36. The molecule has 1 saturated heterocycles. The van der Waals surface area contributed by atoms with Gasteiger partial charge in [-0.1, -0.05) is 0 Å². The van der Waals surface area contributed by atoms with E-state index in [1.807, 2.05) is 0 Å². The summed E-state index contributed by atoms with van der Waals surface area (Å²) in [6.07, 6.45) is 0.319. The second-order valence-electron chi connectivity index (χ2n) is 7.22. The summed E-state index contributed by atoms with van der Waals surface area (Å²) < 4.78 is 9.67. The van der Waals surface area contributed by atoms with Crippen molar-refractivity contribution in [3.8, 4) is 0 Å². The van der Waals surface area contributed by atoms with Crippen LogP contribution in [-0.4, -0.2) is 82.2 Å². The first-order chi connectivity index (χ1) is 11.0. The van der Waals surface area contributed by atoms with E-state index in [4.69, 9.17) is 9.47 Å². The van der Waals surface area contributed by atoms with Crippen LogP contribution >= 0.6 is 0 Å². The highest BCUT2D eigenvalue weighted by molar-refractivity contribution is 5.82. The van der Waals surface area contributed by atoms with Crippen LogP contribution in [-0.2, 0) is 14.3 Å².